The van der Waals surface area contributed by atoms with Gasteiger partial charge in [0.25, 0.3) is 0 Å². The number of carbonyl (C=O) groups excluding carboxylic acids is 1. The number of aliphatic hydroxyl groups excluding tert-OH is 1. The molecule has 35 heavy (non-hydrogen) atoms. The zero-order valence-electron chi connectivity index (χ0n) is 20.1. The van der Waals surface area contributed by atoms with Gasteiger partial charge in [-0.3, -0.25) is 4.79 Å². The molecule has 6 rings (SSSR count). The molecule has 0 unspecified atom stereocenters. The van der Waals surface area contributed by atoms with Crippen LogP contribution in [0.3, 0.4) is 0 Å². The van der Waals surface area contributed by atoms with E-state index >= 15 is 0 Å². The van der Waals surface area contributed by atoms with Gasteiger partial charge in [0.05, 0.1) is 17.8 Å². The van der Waals surface area contributed by atoms with Gasteiger partial charge in [0.1, 0.15) is 17.6 Å². The van der Waals surface area contributed by atoms with Crippen molar-refractivity contribution in [3.8, 4) is 0 Å². The maximum absolute atomic E-state index is 11.8. The number of aliphatic hydroxyl groups is 1. The number of amides is 1. The van der Waals surface area contributed by atoms with E-state index in [0.717, 1.165) is 35.4 Å². The molecule has 180 valence electrons. The summed E-state index contributed by atoms with van der Waals surface area (Å²) in [5.74, 6) is 1.78. The van der Waals surface area contributed by atoms with Crippen LogP contribution in [0, 0.1) is 5.92 Å². The lowest BCUT2D eigenvalue weighted by Crippen LogP contribution is -2.37. The van der Waals surface area contributed by atoms with Gasteiger partial charge in [0.15, 0.2) is 0 Å². The minimum absolute atomic E-state index is 0.0542. The van der Waals surface area contributed by atoms with E-state index in [1.807, 2.05) is 18.3 Å². The normalized spacial score (nSPS) is 22.4. The largest absolute Gasteiger partial charge is 0.385 e. The van der Waals surface area contributed by atoms with Crippen molar-refractivity contribution in [2.45, 2.75) is 58.2 Å². The molecule has 0 spiro atoms. The zero-order chi connectivity index (χ0) is 24.1. The van der Waals surface area contributed by atoms with Crippen LogP contribution in [-0.2, 0) is 11.3 Å². The number of para-hydroxylation sites is 1. The molecule has 3 aromatic heterocycles. The van der Waals surface area contributed by atoms with E-state index in [1.54, 1.807) is 4.90 Å². The van der Waals surface area contributed by atoms with Gasteiger partial charge in [-0.2, -0.15) is 4.98 Å². The van der Waals surface area contributed by atoms with Crippen molar-refractivity contribution in [3.05, 3.63) is 53.9 Å². The van der Waals surface area contributed by atoms with Crippen molar-refractivity contribution >= 4 is 39.6 Å². The number of aromatic nitrogens is 4. The maximum atomic E-state index is 11.8. The van der Waals surface area contributed by atoms with Crippen molar-refractivity contribution in [1.29, 1.82) is 0 Å². The molecule has 4 heterocycles. The molecule has 1 aliphatic heterocycles. The standard InChI is InChI=1S/C27H30N6O2/c1-16-7-10-19(11-8-16)33-22-6-4-3-5-20(22)21-13-28-27(31-26(21)33)30-24-12-9-18-14-32(17(2)34)15-23(35)25(18)29-24/h3-6,9,12-13,16,19,23,35H,7-8,10-11,14-15H2,1-2H3,(H,28,29,30,31)/t16?,19?,23-/m1/s1. The van der Waals surface area contributed by atoms with Crippen molar-refractivity contribution in [3.63, 3.8) is 0 Å². The summed E-state index contributed by atoms with van der Waals surface area (Å²) in [6, 6.07) is 12.7. The van der Waals surface area contributed by atoms with Crippen molar-refractivity contribution < 1.29 is 9.90 Å². The third-order valence-electron chi connectivity index (χ3n) is 7.57. The first-order chi connectivity index (χ1) is 17.0. The van der Waals surface area contributed by atoms with Gasteiger partial charge in [-0.25, -0.2) is 9.97 Å². The summed E-state index contributed by atoms with van der Waals surface area (Å²) in [7, 11) is 0. The van der Waals surface area contributed by atoms with Gasteiger partial charge in [-0.1, -0.05) is 31.2 Å². The highest BCUT2D eigenvalue weighted by atomic mass is 16.3. The Morgan fingerprint density at radius 1 is 1.06 bits per heavy atom. The highest BCUT2D eigenvalue weighted by Crippen LogP contribution is 2.38. The SMILES string of the molecule is CC(=O)N1Cc2ccc(Nc3ncc4c5ccccc5n(C5CCC(C)CC5)c4n3)nc2[C@H](O)C1. The minimum atomic E-state index is -0.816. The van der Waals surface area contributed by atoms with Crippen LogP contribution in [0.5, 0.6) is 0 Å². The summed E-state index contributed by atoms with van der Waals surface area (Å²) < 4.78 is 2.41. The number of anilines is 2. The van der Waals surface area contributed by atoms with Crippen LogP contribution >= 0.6 is 0 Å². The molecule has 0 saturated heterocycles. The molecular formula is C27H30N6O2. The van der Waals surface area contributed by atoms with Gasteiger partial charge in [-0.15, -0.1) is 0 Å². The van der Waals surface area contributed by atoms with E-state index in [-0.39, 0.29) is 12.5 Å². The molecule has 1 saturated carbocycles. The van der Waals surface area contributed by atoms with Crippen molar-refractivity contribution in [1.82, 2.24) is 24.4 Å². The summed E-state index contributed by atoms with van der Waals surface area (Å²) in [6.45, 7) is 4.56. The Balaban J connectivity index is 1.36. The van der Waals surface area contributed by atoms with Crippen LogP contribution in [0.2, 0.25) is 0 Å². The Morgan fingerprint density at radius 3 is 2.66 bits per heavy atom. The number of nitrogens with one attached hydrogen (secondary N) is 1. The molecule has 2 aliphatic rings. The topological polar surface area (TPSA) is 96.2 Å². The minimum Gasteiger partial charge on any atom is -0.385 e. The monoisotopic (exact) mass is 470 g/mol. The summed E-state index contributed by atoms with van der Waals surface area (Å²) in [6.07, 6.45) is 5.86. The number of rotatable bonds is 3. The fourth-order valence-electron chi connectivity index (χ4n) is 5.62. The summed E-state index contributed by atoms with van der Waals surface area (Å²) in [5, 5.41) is 16.1. The van der Waals surface area contributed by atoms with E-state index < -0.39 is 6.10 Å². The lowest BCUT2D eigenvalue weighted by molar-refractivity contribution is -0.131. The lowest BCUT2D eigenvalue weighted by Gasteiger charge is -2.30. The fourth-order valence-corrected chi connectivity index (χ4v) is 5.62. The van der Waals surface area contributed by atoms with Gasteiger partial charge < -0.3 is 19.9 Å². The highest BCUT2D eigenvalue weighted by molar-refractivity contribution is 6.06. The van der Waals surface area contributed by atoms with Crippen LogP contribution in [0.15, 0.2) is 42.6 Å². The average Bonchev–Trinajstić information content (AvgIpc) is 3.18. The van der Waals surface area contributed by atoms with Gasteiger partial charge >= 0.3 is 0 Å². The number of hydrogen-bond acceptors (Lipinski definition) is 6. The lowest BCUT2D eigenvalue weighted by atomic mass is 9.87. The Kier molecular flexibility index (Phi) is 5.40. The molecule has 1 atom stereocenters. The Bertz CT molecular complexity index is 1420. The molecule has 4 aromatic rings. The number of carbonyl (C=O) groups is 1. The molecule has 8 heteroatoms. The van der Waals surface area contributed by atoms with E-state index in [2.05, 4.69) is 51.0 Å². The van der Waals surface area contributed by atoms with Crippen LogP contribution in [0.4, 0.5) is 11.8 Å². The molecule has 0 bridgehead atoms. The molecule has 1 amide bonds. The van der Waals surface area contributed by atoms with Crippen LogP contribution in [0.25, 0.3) is 21.9 Å². The molecule has 1 fully saturated rings. The zero-order valence-corrected chi connectivity index (χ0v) is 20.1. The molecule has 0 radical (unpaired) electrons. The molecular weight excluding hydrogens is 440 g/mol. The van der Waals surface area contributed by atoms with E-state index in [4.69, 9.17) is 4.98 Å². The Morgan fingerprint density at radius 2 is 1.86 bits per heavy atom. The summed E-state index contributed by atoms with van der Waals surface area (Å²) in [5.41, 5.74) is 3.60. The first kappa shape index (κ1) is 22.0. The maximum Gasteiger partial charge on any atom is 0.230 e. The summed E-state index contributed by atoms with van der Waals surface area (Å²) >= 11 is 0. The second kappa shape index (κ2) is 8.61. The van der Waals surface area contributed by atoms with Gasteiger partial charge in [0.2, 0.25) is 11.9 Å². The van der Waals surface area contributed by atoms with E-state index in [0.29, 0.717) is 30.0 Å². The molecule has 1 aliphatic carbocycles. The van der Waals surface area contributed by atoms with Gasteiger partial charge in [0, 0.05) is 36.5 Å². The second-order valence-electron chi connectivity index (χ2n) is 10.0. The predicted octanol–water partition coefficient (Wildman–Crippen LogP) is 4.87. The average molecular weight is 471 g/mol. The van der Waals surface area contributed by atoms with E-state index in [1.165, 1.54) is 30.7 Å². The van der Waals surface area contributed by atoms with Crippen molar-refractivity contribution in [2.75, 3.05) is 11.9 Å². The molecule has 2 N–H and O–H groups in total. The third kappa shape index (κ3) is 3.91. The van der Waals surface area contributed by atoms with Crippen LogP contribution in [0.1, 0.15) is 62.9 Å². The predicted molar refractivity (Wildman–Crippen MR) is 135 cm³/mol. The number of hydrogen-bond donors (Lipinski definition) is 2. The Labute approximate surface area is 204 Å². The highest BCUT2D eigenvalue weighted by Gasteiger charge is 2.27. The Hall–Kier alpha value is -3.52. The summed E-state index contributed by atoms with van der Waals surface area (Å²) in [4.78, 5) is 27.6. The quantitative estimate of drug-likeness (QED) is 0.443. The van der Waals surface area contributed by atoms with Crippen molar-refractivity contribution in [2.24, 2.45) is 5.92 Å². The van der Waals surface area contributed by atoms with Gasteiger partial charge in [-0.05, 0) is 49.3 Å². The van der Waals surface area contributed by atoms with Crippen LogP contribution < -0.4 is 5.32 Å². The molecule has 8 nitrogen and oxygen atoms in total. The first-order valence-corrected chi connectivity index (χ1v) is 12.4. The van der Waals surface area contributed by atoms with E-state index in [9.17, 15) is 9.90 Å². The number of pyridine rings is 1. The number of fused-ring (bicyclic) bond motifs is 4. The number of benzene rings is 1. The number of β-amino-alcohol motifs (C(OH)–C–C–N with tert-alkyl or cyclic N) is 1. The fraction of sp³-hybridized carbons (Fsp3) is 0.407. The molecule has 1 aromatic carbocycles. The smallest absolute Gasteiger partial charge is 0.230 e. The van der Waals surface area contributed by atoms with Crippen LogP contribution in [-0.4, -0.2) is 42.0 Å². The third-order valence-corrected chi connectivity index (χ3v) is 7.57. The number of nitrogens with zero attached hydrogens (tertiary/aromatic N) is 5. The first-order valence-electron chi connectivity index (χ1n) is 12.4. The second-order valence-corrected chi connectivity index (χ2v) is 10.0.